The molecule has 0 aromatic heterocycles. The molecule has 2 aromatic rings. The molecular formula is C18H18FNO4S. The average Bonchev–Trinajstić information content (AvgIpc) is 3.02. The lowest BCUT2D eigenvalue weighted by Gasteiger charge is -2.11. The van der Waals surface area contributed by atoms with E-state index in [2.05, 4.69) is 4.72 Å². The molecule has 0 saturated carbocycles. The van der Waals surface area contributed by atoms with Crippen LogP contribution in [0.1, 0.15) is 25.0 Å². The molecule has 1 heterocycles. The maximum atomic E-state index is 14.2. The standard InChI is InChI=1S/C18H18FNO4S/c1-12(2)25(21,22)20-16-7-5-13(9-15(16)19)3-4-14-6-8-17-18(10-14)24-11-23-17/h3-10,12,20H,11H2,1-2H3/b4-3+. The summed E-state index contributed by atoms with van der Waals surface area (Å²) < 4.78 is 50.6. The van der Waals surface area contributed by atoms with Crippen LogP contribution in [0.3, 0.4) is 0 Å². The van der Waals surface area contributed by atoms with Gasteiger partial charge in [-0.1, -0.05) is 24.3 Å². The van der Waals surface area contributed by atoms with Crippen LogP contribution >= 0.6 is 0 Å². The Morgan fingerprint density at radius 1 is 1.04 bits per heavy atom. The van der Waals surface area contributed by atoms with Gasteiger partial charge in [0.15, 0.2) is 11.5 Å². The molecule has 25 heavy (non-hydrogen) atoms. The number of benzene rings is 2. The van der Waals surface area contributed by atoms with Crippen molar-refractivity contribution in [1.29, 1.82) is 0 Å². The highest BCUT2D eigenvalue weighted by Crippen LogP contribution is 2.33. The number of rotatable bonds is 5. The minimum absolute atomic E-state index is 0.0612. The van der Waals surface area contributed by atoms with E-state index in [4.69, 9.17) is 9.47 Å². The summed E-state index contributed by atoms with van der Waals surface area (Å²) in [6, 6.07) is 9.85. The van der Waals surface area contributed by atoms with Crippen LogP contribution in [0.25, 0.3) is 12.2 Å². The maximum absolute atomic E-state index is 14.2. The lowest BCUT2D eigenvalue weighted by atomic mass is 10.1. The Labute approximate surface area is 146 Å². The second kappa shape index (κ2) is 6.76. The molecule has 0 unspecified atom stereocenters. The van der Waals surface area contributed by atoms with Crippen LogP contribution < -0.4 is 14.2 Å². The lowest BCUT2D eigenvalue weighted by molar-refractivity contribution is 0.174. The average molecular weight is 363 g/mol. The molecule has 1 N–H and O–H groups in total. The Balaban J connectivity index is 1.77. The number of halogens is 1. The summed E-state index contributed by atoms with van der Waals surface area (Å²) in [5.41, 5.74) is 1.44. The zero-order valence-electron chi connectivity index (χ0n) is 13.8. The largest absolute Gasteiger partial charge is 0.454 e. The van der Waals surface area contributed by atoms with Crippen molar-refractivity contribution in [2.75, 3.05) is 11.5 Å². The normalized spacial score (nSPS) is 13.6. The van der Waals surface area contributed by atoms with Crippen molar-refractivity contribution in [1.82, 2.24) is 0 Å². The van der Waals surface area contributed by atoms with E-state index in [1.807, 2.05) is 24.3 Å². The molecule has 0 bridgehead atoms. The fourth-order valence-electron chi connectivity index (χ4n) is 2.20. The van der Waals surface area contributed by atoms with Crippen LogP contribution in [0.15, 0.2) is 36.4 Å². The Morgan fingerprint density at radius 2 is 1.68 bits per heavy atom. The Bertz CT molecular complexity index is 923. The van der Waals surface area contributed by atoms with E-state index in [0.29, 0.717) is 17.1 Å². The van der Waals surface area contributed by atoms with Crippen molar-refractivity contribution >= 4 is 27.9 Å². The molecule has 0 atom stereocenters. The highest BCUT2D eigenvalue weighted by molar-refractivity contribution is 7.93. The number of hydrogen-bond donors (Lipinski definition) is 1. The van der Waals surface area contributed by atoms with Crippen LogP contribution in [0.5, 0.6) is 11.5 Å². The molecule has 0 aliphatic carbocycles. The summed E-state index contributed by atoms with van der Waals surface area (Å²) in [6.45, 7) is 3.27. The summed E-state index contributed by atoms with van der Waals surface area (Å²) in [5, 5.41) is -0.641. The van der Waals surface area contributed by atoms with Crippen LogP contribution in [0, 0.1) is 5.82 Å². The first kappa shape index (κ1) is 17.3. The van der Waals surface area contributed by atoms with E-state index in [0.717, 1.165) is 5.56 Å². The van der Waals surface area contributed by atoms with Crippen LogP contribution in [0.2, 0.25) is 0 Å². The topological polar surface area (TPSA) is 64.6 Å². The number of nitrogens with one attached hydrogen (secondary N) is 1. The highest BCUT2D eigenvalue weighted by atomic mass is 32.2. The molecule has 0 radical (unpaired) electrons. The second-order valence-electron chi connectivity index (χ2n) is 5.88. The maximum Gasteiger partial charge on any atom is 0.235 e. The van der Waals surface area contributed by atoms with Gasteiger partial charge in [-0.05, 0) is 49.2 Å². The van der Waals surface area contributed by atoms with Gasteiger partial charge in [0.2, 0.25) is 16.8 Å². The van der Waals surface area contributed by atoms with Crippen LogP contribution in [-0.4, -0.2) is 20.5 Å². The van der Waals surface area contributed by atoms with E-state index >= 15 is 0 Å². The van der Waals surface area contributed by atoms with E-state index in [1.165, 1.54) is 26.0 Å². The third kappa shape index (κ3) is 3.93. The van der Waals surface area contributed by atoms with Gasteiger partial charge in [0.25, 0.3) is 0 Å². The predicted molar refractivity (Wildman–Crippen MR) is 95.6 cm³/mol. The molecule has 0 amide bonds. The number of fused-ring (bicyclic) bond motifs is 1. The third-order valence-corrected chi connectivity index (χ3v) is 5.48. The van der Waals surface area contributed by atoms with Gasteiger partial charge in [-0.25, -0.2) is 12.8 Å². The van der Waals surface area contributed by atoms with Gasteiger partial charge >= 0.3 is 0 Å². The zero-order valence-corrected chi connectivity index (χ0v) is 14.6. The summed E-state index contributed by atoms with van der Waals surface area (Å²) in [6.07, 6.45) is 3.55. The van der Waals surface area contributed by atoms with Gasteiger partial charge in [-0.3, -0.25) is 4.72 Å². The van der Waals surface area contributed by atoms with E-state index in [-0.39, 0.29) is 12.5 Å². The first-order valence-corrected chi connectivity index (χ1v) is 9.29. The minimum atomic E-state index is -3.58. The Kier molecular flexibility index (Phi) is 4.67. The summed E-state index contributed by atoms with van der Waals surface area (Å²) >= 11 is 0. The minimum Gasteiger partial charge on any atom is -0.454 e. The second-order valence-corrected chi connectivity index (χ2v) is 8.12. The van der Waals surface area contributed by atoms with Crippen molar-refractivity contribution in [3.63, 3.8) is 0 Å². The van der Waals surface area contributed by atoms with Crippen molar-refractivity contribution in [2.45, 2.75) is 19.1 Å². The molecule has 0 saturated heterocycles. The van der Waals surface area contributed by atoms with E-state index in [9.17, 15) is 12.8 Å². The zero-order chi connectivity index (χ0) is 18.0. The fourth-order valence-corrected chi connectivity index (χ4v) is 2.91. The molecule has 5 nitrogen and oxygen atoms in total. The molecule has 1 aliphatic heterocycles. The molecular weight excluding hydrogens is 345 g/mol. The number of sulfonamides is 1. The van der Waals surface area contributed by atoms with E-state index < -0.39 is 21.1 Å². The summed E-state index contributed by atoms with van der Waals surface area (Å²) in [7, 11) is -3.58. The smallest absolute Gasteiger partial charge is 0.235 e. The third-order valence-electron chi connectivity index (χ3n) is 3.73. The van der Waals surface area contributed by atoms with E-state index in [1.54, 1.807) is 12.1 Å². The predicted octanol–water partition coefficient (Wildman–Crippen LogP) is 3.87. The highest BCUT2D eigenvalue weighted by Gasteiger charge is 2.17. The van der Waals surface area contributed by atoms with Gasteiger partial charge in [-0.2, -0.15) is 0 Å². The van der Waals surface area contributed by atoms with Crippen molar-refractivity contribution in [3.8, 4) is 11.5 Å². The van der Waals surface area contributed by atoms with Crippen molar-refractivity contribution in [2.24, 2.45) is 0 Å². The van der Waals surface area contributed by atoms with Gasteiger partial charge < -0.3 is 9.47 Å². The quantitative estimate of drug-likeness (QED) is 0.819. The lowest BCUT2D eigenvalue weighted by Crippen LogP contribution is -2.23. The van der Waals surface area contributed by atoms with Crippen molar-refractivity contribution in [3.05, 3.63) is 53.3 Å². The number of anilines is 1. The summed E-state index contributed by atoms with van der Waals surface area (Å²) in [5.74, 6) is 0.744. The molecule has 2 aromatic carbocycles. The first-order chi connectivity index (χ1) is 11.8. The molecule has 1 aliphatic rings. The molecule has 7 heteroatoms. The Hall–Kier alpha value is -2.54. The van der Waals surface area contributed by atoms with Crippen LogP contribution in [-0.2, 0) is 10.0 Å². The van der Waals surface area contributed by atoms with Crippen LogP contribution in [0.4, 0.5) is 10.1 Å². The molecule has 0 spiro atoms. The Morgan fingerprint density at radius 3 is 2.36 bits per heavy atom. The molecule has 3 rings (SSSR count). The van der Waals surface area contributed by atoms with Gasteiger partial charge in [0.1, 0.15) is 5.82 Å². The number of hydrogen-bond acceptors (Lipinski definition) is 4. The first-order valence-electron chi connectivity index (χ1n) is 7.74. The number of ether oxygens (including phenoxy) is 2. The monoisotopic (exact) mass is 363 g/mol. The van der Waals surface area contributed by atoms with Crippen molar-refractivity contribution < 1.29 is 22.3 Å². The summed E-state index contributed by atoms with van der Waals surface area (Å²) in [4.78, 5) is 0. The van der Waals surface area contributed by atoms with Gasteiger partial charge in [0, 0.05) is 0 Å². The molecule has 0 fully saturated rings. The fraction of sp³-hybridized carbons (Fsp3) is 0.222. The SMILES string of the molecule is CC(C)S(=O)(=O)Nc1ccc(/C=C/c2ccc3c(c2)OCO3)cc1F. The van der Waals surface area contributed by atoms with Gasteiger partial charge in [-0.15, -0.1) is 0 Å². The van der Waals surface area contributed by atoms with Gasteiger partial charge in [0.05, 0.1) is 10.9 Å². The molecule has 132 valence electrons.